The minimum absolute atomic E-state index is 0.0453. The summed E-state index contributed by atoms with van der Waals surface area (Å²) in [5.41, 5.74) is -1.09. The predicted octanol–water partition coefficient (Wildman–Crippen LogP) is 8.90. The van der Waals surface area contributed by atoms with Crippen LogP contribution in [0.15, 0.2) is 72.8 Å². The molecule has 1 N–H and O–H groups in total. The lowest BCUT2D eigenvalue weighted by atomic mass is 9.83. The van der Waals surface area contributed by atoms with Crippen molar-refractivity contribution < 1.29 is 45.7 Å². The van der Waals surface area contributed by atoms with Gasteiger partial charge in [0.05, 0.1) is 37.4 Å². The number of cyclic esters (lactones) is 1. The highest BCUT2D eigenvalue weighted by atomic mass is 19.4. The third-order valence-corrected chi connectivity index (χ3v) is 8.31. The van der Waals surface area contributed by atoms with Gasteiger partial charge in [-0.05, 0) is 82.4 Å². The number of ether oxygens (including phenoxy) is 2. The fraction of sp³-hybridized carbons (Fsp3) is 0.324. The number of carbonyl (C=O) groups excluding carboxylic acids is 1. The molecule has 1 aliphatic rings. The molecule has 1 aliphatic heterocycles. The van der Waals surface area contributed by atoms with E-state index in [0.29, 0.717) is 34.6 Å². The molecular weight excluding hydrogens is 600 g/mol. The van der Waals surface area contributed by atoms with E-state index in [2.05, 4.69) is 0 Å². The first-order valence-corrected chi connectivity index (χ1v) is 14.1. The van der Waals surface area contributed by atoms with E-state index in [1.165, 1.54) is 18.9 Å². The molecule has 5 rings (SSSR count). The maximum absolute atomic E-state index is 13.6. The average Bonchev–Trinajstić information content (AvgIpc) is 3.27. The number of alkyl halides is 6. The Labute approximate surface area is 256 Å². The lowest BCUT2D eigenvalue weighted by molar-refractivity contribution is -0.143. The van der Waals surface area contributed by atoms with Crippen LogP contribution in [0.25, 0.3) is 21.9 Å². The number of fused-ring (bicyclic) bond motifs is 1. The van der Waals surface area contributed by atoms with E-state index in [1.54, 1.807) is 6.07 Å². The number of hydrogen-bond donors (Lipinski definition) is 1. The van der Waals surface area contributed by atoms with Gasteiger partial charge in [-0.15, -0.1) is 0 Å². The predicted molar refractivity (Wildman–Crippen MR) is 157 cm³/mol. The molecule has 0 aliphatic carbocycles. The molecule has 2 atom stereocenters. The molecule has 0 radical (unpaired) electrons. The van der Waals surface area contributed by atoms with Gasteiger partial charge in [0.15, 0.2) is 0 Å². The quantitative estimate of drug-likeness (QED) is 0.207. The number of aliphatic hydroxyl groups is 1. The van der Waals surface area contributed by atoms with Crippen LogP contribution < -0.4 is 4.74 Å². The summed E-state index contributed by atoms with van der Waals surface area (Å²) in [6, 6.07) is 17.2. The first-order chi connectivity index (χ1) is 21.0. The lowest BCUT2D eigenvalue weighted by Crippen LogP contribution is -2.31. The number of nitrogens with zero attached hydrogens (tertiary/aromatic N) is 1. The Morgan fingerprint density at radius 2 is 1.42 bits per heavy atom. The summed E-state index contributed by atoms with van der Waals surface area (Å²) in [6.07, 6.45) is -12.3. The van der Waals surface area contributed by atoms with E-state index in [1.807, 2.05) is 62.4 Å². The monoisotopic (exact) mass is 631 g/mol. The van der Waals surface area contributed by atoms with Gasteiger partial charge in [0.25, 0.3) is 0 Å². The van der Waals surface area contributed by atoms with Gasteiger partial charge >= 0.3 is 18.4 Å². The molecule has 0 saturated carbocycles. The average molecular weight is 632 g/mol. The van der Waals surface area contributed by atoms with Crippen molar-refractivity contribution in [1.29, 1.82) is 0 Å². The Hall–Kier alpha value is -4.25. The number of aliphatic hydroxyl groups excluding tert-OH is 1. The van der Waals surface area contributed by atoms with E-state index in [0.717, 1.165) is 16.3 Å². The number of amides is 1. The van der Waals surface area contributed by atoms with E-state index in [4.69, 9.17) is 9.47 Å². The molecule has 0 unspecified atom stereocenters. The summed E-state index contributed by atoms with van der Waals surface area (Å²) < 4.78 is 92.5. The van der Waals surface area contributed by atoms with E-state index in [-0.39, 0.29) is 19.2 Å². The Bertz CT molecular complexity index is 1720. The van der Waals surface area contributed by atoms with Crippen LogP contribution in [0.5, 0.6) is 5.75 Å². The Balaban J connectivity index is 1.60. The lowest BCUT2D eigenvalue weighted by Gasteiger charge is -2.26. The minimum Gasteiger partial charge on any atom is -0.496 e. The number of benzene rings is 4. The van der Waals surface area contributed by atoms with Gasteiger partial charge in [0.2, 0.25) is 0 Å². The van der Waals surface area contributed by atoms with Gasteiger partial charge in [-0.2, -0.15) is 26.3 Å². The fourth-order valence-corrected chi connectivity index (χ4v) is 5.59. The first-order valence-electron chi connectivity index (χ1n) is 14.1. The van der Waals surface area contributed by atoms with E-state index in [9.17, 15) is 36.2 Å². The van der Waals surface area contributed by atoms with E-state index < -0.39 is 52.7 Å². The van der Waals surface area contributed by atoms with Crippen molar-refractivity contribution in [2.75, 3.05) is 13.7 Å². The number of rotatable bonds is 7. The van der Waals surface area contributed by atoms with Crippen LogP contribution in [0.1, 0.15) is 54.7 Å². The molecule has 4 aromatic carbocycles. The molecule has 1 fully saturated rings. The Morgan fingerprint density at radius 3 is 1.98 bits per heavy atom. The second-order valence-electron chi connectivity index (χ2n) is 11.8. The van der Waals surface area contributed by atoms with Crippen LogP contribution in [-0.4, -0.2) is 35.9 Å². The highest BCUT2D eigenvalue weighted by Gasteiger charge is 2.43. The summed E-state index contributed by atoms with van der Waals surface area (Å²) in [6.45, 7) is 5.13. The van der Waals surface area contributed by atoms with Crippen molar-refractivity contribution in [3.8, 4) is 16.9 Å². The van der Waals surface area contributed by atoms with Crippen molar-refractivity contribution in [1.82, 2.24) is 4.90 Å². The zero-order valence-electron chi connectivity index (χ0n) is 24.9. The number of halogens is 6. The molecule has 0 spiro atoms. The molecule has 1 heterocycles. The smallest absolute Gasteiger partial charge is 0.416 e. The highest BCUT2D eigenvalue weighted by Crippen LogP contribution is 2.43. The molecule has 0 aromatic heterocycles. The highest BCUT2D eigenvalue weighted by molar-refractivity contribution is 5.90. The van der Waals surface area contributed by atoms with Gasteiger partial charge in [0, 0.05) is 11.0 Å². The van der Waals surface area contributed by atoms with Gasteiger partial charge in [-0.25, -0.2) is 4.79 Å². The topological polar surface area (TPSA) is 59.0 Å². The second-order valence-corrected chi connectivity index (χ2v) is 11.8. The van der Waals surface area contributed by atoms with Crippen LogP contribution in [0.3, 0.4) is 0 Å². The summed E-state index contributed by atoms with van der Waals surface area (Å²) in [5.74, 6) is 0.530. The van der Waals surface area contributed by atoms with Crippen LogP contribution in [-0.2, 0) is 29.0 Å². The molecule has 0 bridgehead atoms. The molecular formula is C34H31F6NO4. The van der Waals surface area contributed by atoms with Crippen molar-refractivity contribution >= 4 is 16.9 Å². The minimum atomic E-state index is -5.04. The standard InChI is InChI=1S/C34H31F6NO4/c1-19-30(22-12-25(33(35,36)37)15-26(13-22)34(38,39)40)45-31(43)41(19)17-23-11-20-7-5-6-8-21(20)14-27(23)28-16-24(32(2,3)18-42)9-10-29(28)44-4/h5-16,19,30,42H,17-18H2,1-4H3/t19-,30-/m0/s1. The largest absolute Gasteiger partial charge is 0.496 e. The summed E-state index contributed by atoms with van der Waals surface area (Å²) in [7, 11) is 1.52. The first kappa shape index (κ1) is 32.2. The third-order valence-electron chi connectivity index (χ3n) is 8.31. The Morgan fingerprint density at radius 1 is 0.822 bits per heavy atom. The maximum atomic E-state index is 13.6. The van der Waals surface area contributed by atoms with Crippen LogP contribution in [0, 0.1) is 0 Å². The SMILES string of the molecule is COc1ccc(C(C)(C)CO)cc1-c1cc2ccccc2cc1CN1C(=O)O[C@H](c2cc(C(F)(F)F)cc(C(F)(F)F)c2)[C@@H]1C. The van der Waals surface area contributed by atoms with Gasteiger partial charge in [-0.3, -0.25) is 4.90 Å². The normalized spacial score (nSPS) is 17.6. The van der Waals surface area contributed by atoms with Crippen molar-refractivity contribution in [3.05, 3.63) is 101 Å². The van der Waals surface area contributed by atoms with Crippen LogP contribution >= 0.6 is 0 Å². The van der Waals surface area contributed by atoms with Gasteiger partial charge in [0.1, 0.15) is 11.9 Å². The van der Waals surface area contributed by atoms with Crippen molar-refractivity contribution in [3.63, 3.8) is 0 Å². The zero-order valence-corrected chi connectivity index (χ0v) is 24.9. The molecule has 45 heavy (non-hydrogen) atoms. The number of methoxy groups -OCH3 is 1. The Kier molecular flexibility index (Phi) is 8.28. The van der Waals surface area contributed by atoms with Crippen molar-refractivity contribution in [2.24, 2.45) is 0 Å². The molecule has 11 heteroatoms. The summed E-state index contributed by atoms with van der Waals surface area (Å²) >= 11 is 0. The number of hydrogen-bond acceptors (Lipinski definition) is 4. The summed E-state index contributed by atoms with van der Waals surface area (Å²) in [5, 5.41) is 11.8. The van der Waals surface area contributed by atoms with Crippen LogP contribution in [0.2, 0.25) is 0 Å². The fourth-order valence-electron chi connectivity index (χ4n) is 5.59. The third kappa shape index (κ3) is 6.31. The number of carbonyl (C=O) groups is 1. The maximum Gasteiger partial charge on any atom is 0.416 e. The molecule has 238 valence electrons. The molecule has 4 aromatic rings. The van der Waals surface area contributed by atoms with Crippen LogP contribution in [0.4, 0.5) is 31.1 Å². The summed E-state index contributed by atoms with van der Waals surface area (Å²) in [4.78, 5) is 14.5. The zero-order chi connectivity index (χ0) is 32.9. The van der Waals surface area contributed by atoms with Gasteiger partial charge in [-0.1, -0.05) is 44.2 Å². The van der Waals surface area contributed by atoms with Crippen molar-refractivity contribution in [2.45, 2.75) is 57.2 Å². The second kappa shape index (κ2) is 11.6. The molecule has 1 amide bonds. The van der Waals surface area contributed by atoms with E-state index >= 15 is 0 Å². The van der Waals surface area contributed by atoms with Gasteiger partial charge < -0.3 is 14.6 Å². The molecule has 5 nitrogen and oxygen atoms in total. The molecule has 1 saturated heterocycles.